The lowest BCUT2D eigenvalue weighted by molar-refractivity contribution is -0.123. The molecule has 0 saturated heterocycles. The van der Waals surface area contributed by atoms with Gasteiger partial charge in [-0.3, -0.25) is 9.78 Å². The number of halogens is 2. The van der Waals surface area contributed by atoms with Gasteiger partial charge in [0.05, 0.1) is 14.6 Å². The fraction of sp³-hybridized carbons (Fsp3) is 0.158. The van der Waals surface area contributed by atoms with Crippen LogP contribution in [0, 0.1) is 3.57 Å². The highest BCUT2D eigenvalue weighted by Gasteiger charge is 2.15. The van der Waals surface area contributed by atoms with Crippen molar-refractivity contribution in [2.75, 3.05) is 6.61 Å². The van der Waals surface area contributed by atoms with Gasteiger partial charge < -0.3 is 10.1 Å². The Hall–Kier alpha value is -1.86. The largest absolute Gasteiger partial charge is 0.480 e. The Labute approximate surface area is 164 Å². The molecule has 0 saturated carbocycles. The number of carbonyl (C=O) groups excluding carboxylic acids is 1. The third-order valence-corrected chi connectivity index (χ3v) is 4.89. The molecule has 0 bridgehead atoms. The summed E-state index contributed by atoms with van der Waals surface area (Å²) in [6.45, 7) is 1.86. The number of pyridine rings is 1. The monoisotopic (exact) mass is 466 g/mol. The van der Waals surface area contributed by atoms with Gasteiger partial charge in [-0.1, -0.05) is 41.9 Å². The molecule has 128 valence electrons. The molecule has 6 heteroatoms. The van der Waals surface area contributed by atoms with E-state index in [1.165, 1.54) is 0 Å². The Morgan fingerprint density at radius 3 is 2.80 bits per heavy atom. The third-order valence-electron chi connectivity index (χ3n) is 3.78. The minimum Gasteiger partial charge on any atom is -0.480 e. The molecular formula is C19H16ClIN2O2. The van der Waals surface area contributed by atoms with Crippen LogP contribution in [0.15, 0.2) is 54.7 Å². The van der Waals surface area contributed by atoms with Crippen molar-refractivity contribution in [1.29, 1.82) is 0 Å². The Bertz CT molecular complexity index is 903. The van der Waals surface area contributed by atoms with E-state index >= 15 is 0 Å². The summed E-state index contributed by atoms with van der Waals surface area (Å²) in [6, 6.07) is 15.2. The molecule has 1 N–H and O–H groups in total. The summed E-state index contributed by atoms with van der Waals surface area (Å²) in [5.41, 5.74) is 1.70. The quantitative estimate of drug-likeness (QED) is 0.552. The highest BCUT2D eigenvalue weighted by molar-refractivity contribution is 14.1. The minimum absolute atomic E-state index is 0.0829. The van der Waals surface area contributed by atoms with Crippen LogP contribution in [0.3, 0.4) is 0 Å². The van der Waals surface area contributed by atoms with Gasteiger partial charge in [-0.15, -0.1) is 0 Å². The smallest absolute Gasteiger partial charge is 0.258 e. The fourth-order valence-corrected chi connectivity index (χ4v) is 3.70. The van der Waals surface area contributed by atoms with Gasteiger partial charge in [-0.05, 0) is 53.3 Å². The third kappa shape index (κ3) is 4.22. The lowest BCUT2D eigenvalue weighted by Crippen LogP contribution is -2.31. The molecule has 1 unspecified atom stereocenters. The molecule has 4 nitrogen and oxygen atoms in total. The molecule has 0 aliphatic rings. The van der Waals surface area contributed by atoms with Crippen LogP contribution in [0.2, 0.25) is 5.02 Å². The Morgan fingerprint density at radius 2 is 2.04 bits per heavy atom. The topological polar surface area (TPSA) is 51.2 Å². The molecule has 0 aliphatic carbocycles. The second-order valence-electron chi connectivity index (χ2n) is 5.56. The summed E-state index contributed by atoms with van der Waals surface area (Å²) in [6.07, 6.45) is 1.68. The zero-order valence-corrected chi connectivity index (χ0v) is 16.4. The van der Waals surface area contributed by atoms with E-state index in [0.717, 1.165) is 14.5 Å². The molecule has 3 aromatic rings. The Morgan fingerprint density at radius 1 is 1.28 bits per heavy atom. The maximum Gasteiger partial charge on any atom is 0.258 e. The lowest BCUT2D eigenvalue weighted by Gasteiger charge is -2.16. The fourth-order valence-electron chi connectivity index (χ4n) is 2.53. The number of ether oxygens (including phenoxy) is 1. The van der Waals surface area contributed by atoms with Crippen molar-refractivity contribution < 1.29 is 9.53 Å². The van der Waals surface area contributed by atoms with Crippen molar-refractivity contribution in [2.24, 2.45) is 0 Å². The predicted octanol–water partition coefficient (Wildman–Crippen LogP) is 4.75. The first-order valence-corrected chi connectivity index (χ1v) is 9.22. The van der Waals surface area contributed by atoms with Crippen molar-refractivity contribution in [3.8, 4) is 5.75 Å². The molecule has 0 fully saturated rings. The van der Waals surface area contributed by atoms with Gasteiger partial charge in [0.25, 0.3) is 5.91 Å². The number of hydrogen-bond donors (Lipinski definition) is 1. The molecule has 3 rings (SSSR count). The van der Waals surface area contributed by atoms with Gasteiger partial charge in [-0.25, -0.2) is 0 Å². The van der Waals surface area contributed by atoms with Gasteiger partial charge in [0.2, 0.25) is 0 Å². The van der Waals surface area contributed by atoms with E-state index in [9.17, 15) is 4.79 Å². The highest BCUT2D eigenvalue weighted by Crippen LogP contribution is 2.34. The van der Waals surface area contributed by atoms with Crippen LogP contribution in [-0.4, -0.2) is 17.5 Å². The summed E-state index contributed by atoms with van der Waals surface area (Å²) in [4.78, 5) is 16.6. The summed E-state index contributed by atoms with van der Waals surface area (Å²) in [7, 11) is 0. The summed E-state index contributed by atoms with van der Waals surface area (Å²) in [5, 5.41) is 4.35. The zero-order valence-electron chi connectivity index (χ0n) is 13.5. The second kappa shape index (κ2) is 8.01. The number of carbonyl (C=O) groups is 1. The summed E-state index contributed by atoms with van der Waals surface area (Å²) in [5.74, 6) is 0.384. The number of nitrogens with one attached hydrogen (secondary N) is 1. The van der Waals surface area contributed by atoms with Crippen molar-refractivity contribution >= 4 is 51.0 Å². The molecule has 2 aromatic carbocycles. The maximum absolute atomic E-state index is 12.2. The molecular weight excluding hydrogens is 451 g/mol. The number of hydrogen-bond acceptors (Lipinski definition) is 3. The van der Waals surface area contributed by atoms with Crippen LogP contribution in [0.25, 0.3) is 10.9 Å². The molecule has 25 heavy (non-hydrogen) atoms. The summed E-state index contributed by atoms with van der Waals surface area (Å²) >= 11 is 8.39. The number of nitrogens with zero attached hydrogens (tertiary/aromatic N) is 1. The van der Waals surface area contributed by atoms with Crippen molar-refractivity contribution in [1.82, 2.24) is 10.3 Å². The van der Waals surface area contributed by atoms with Crippen LogP contribution in [0.4, 0.5) is 0 Å². The van der Waals surface area contributed by atoms with Crippen molar-refractivity contribution in [2.45, 2.75) is 13.0 Å². The average molecular weight is 467 g/mol. The van der Waals surface area contributed by atoms with Gasteiger partial charge in [-0.2, -0.15) is 0 Å². The number of benzene rings is 2. The molecule has 1 amide bonds. The number of rotatable bonds is 5. The first-order valence-electron chi connectivity index (χ1n) is 7.76. The van der Waals surface area contributed by atoms with Crippen LogP contribution in [0.1, 0.15) is 18.5 Å². The van der Waals surface area contributed by atoms with E-state index in [-0.39, 0.29) is 18.6 Å². The van der Waals surface area contributed by atoms with Crippen molar-refractivity contribution in [3.05, 3.63) is 68.9 Å². The molecule has 0 aliphatic heterocycles. The van der Waals surface area contributed by atoms with Gasteiger partial charge in [0.1, 0.15) is 5.52 Å². The average Bonchev–Trinajstić information content (AvgIpc) is 2.62. The van der Waals surface area contributed by atoms with Gasteiger partial charge >= 0.3 is 0 Å². The Kier molecular flexibility index (Phi) is 5.75. The van der Waals surface area contributed by atoms with Crippen LogP contribution < -0.4 is 10.1 Å². The molecule has 1 atom stereocenters. The first-order chi connectivity index (χ1) is 12.1. The van der Waals surface area contributed by atoms with E-state index < -0.39 is 0 Å². The van der Waals surface area contributed by atoms with Crippen molar-refractivity contribution in [3.63, 3.8) is 0 Å². The number of amides is 1. The van der Waals surface area contributed by atoms with E-state index in [0.29, 0.717) is 16.3 Å². The zero-order chi connectivity index (χ0) is 17.8. The van der Waals surface area contributed by atoms with Crippen LogP contribution in [0.5, 0.6) is 5.75 Å². The van der Waals surface area contributed by atoms with Gasteiger partial charge in [0.15, 0.2) is 12.4 Å². The molecule has 0 radical (unpaired) electrons. The van der Waals surface area contributed by atoms with E-state index in [1.54, 1.807) is 6.20 Å². The standard InChI is InChI=1S/C19H16ClIN2O2/c1-12(13-6-3-2-4-7-13)23-17(24)11-25-19-16(21)10-15(20)14-8-5-9-22-18(14)19/h2-10,12H,11H2,1H3,(H,23,24). The normalized spacial score (nSPS) is 12.0. The number of fused-ring (bicyclic) bond motifs is 1. The van der Waals surface area contributed by atoms with Gasteiger partial charge in [0, 0.05) is 11.6 Å². The van der Waals surface area contributed by atoms with E-state index in [2.05, 4.69) is 32.9 Å². The summed E-state index contributed by atoms with van der Waals surface area (Å²) < 4.78 is 6.58. The second-order valence-corrected chi connectivity index (χ2v) is 7.13. The molecule has 0 spiro atoms. The predicted molar refractivity (Wildman–Crippen MR) is 108 cm³/mol. The van der Waals surface area contributed by atoms with E-state index in [1.807, 2.05) is 55.5 Å². The molecule has 1 aromatic heterocycles. The minimum atomic E-state index is -0.189. The lowest BCUT2D eigenvalue weighted by atomic mass is 10.1. The maximum atomic E-state index is 12.2. The van der Waals surface area contributed by atoms with Crippen LogP contribution >= 0.6 is 34.2 Å². The number of aromatic nitrogens is 1. The van der Waals surface area contributed by atoms with Crippen LogP contribution in [-0.2, 0) is 4.79 Å². The molecule has 1 heterocycles. The SMILES string of the molecule is CC(NC(=O)COc1c(I)cc(Cl)c2cccnc12)c1ccccc1. The Balaban J connectivity index is 1.71. The first kappa shape index (κ1) is 17.9. The highest BCUT2D eigenvalue weighted by atomic mass is 127. The van der Waals surface area contributed by atoms with E-state index in [4.69, 9.17) is 16.3 Å².